The summed E-state index contributed by atoms with van der Waals surface area (Å²) in [6.07, 6.45) is 12.2. The van der Waals surface area contributed by atoms with Crippen molar-refractivity contribution in [3.05, 3.63) is 0 Å². The highest BCUT2D eigenvalue weighted by Crippen LogP contribution is 2.29. The molecule has 3 heteroatoms. The second kappa shape index (κ2) is 7.61. The van der Waals surface area contributed by atoms with Crippen LogP contribution < -0.4 is 5.73 Å². The Morgan fingerprint density at radius 1 is 0.737 bits per heavy atom. The molecule has 0 aliphatic carbocycles. The summed E-state index contributed by atoms with van der Waals surface area (Å²) in [6, 6.07) is 0. The van der Waals surface area contributed by atoms with E-state index >= 15 is 0 Å². The third-order valence-corrected chi connectivity index (χ3v) is 5.28. The van der Waals surface area contributed by atoms with Gasteiger partial charge in [-0.25, -0.2) is 0 Å². The lowest BCUT2D eigenvalue weighted by atomic mass is 10.0. The van der Waals surface area contributed by atoms with Gasteiger partial charge in [-0.05, 0) is 58.3 Å². The lowest BCUT2D eigenvalue weighted by molar-refractivity contribution is -0.0540. The topological polar surface area (TPSA) is 32.5 Å². The van der Waals surface area contributed by atoms with E-state index in [2.05, 4.69) is 16.7 Å². The molecule has 2 N–H and O–H groups in total. The zero-order valence-corrected chi connectivity index (χ0v) is 12.9. The first-order valence-corrected chi connectivity index (χ1v) is 8.53. The van der Waals surface area contributed by atoms with E-state index in [1.54, 1.807) is 0 Å². The molecule has 0 amide bonds. The van der Waals surface area contributed by atoms with Gasteiger partial charge in [-0.1, -0.05) is 32.6 Å². The Labute approximate surface area is 119 Å². The van der Waals surface area contributed by atoms with E-state index in [-0.39, 0.29) is 5.66 Å². The molecule has 2 rings (SSSR count). The van der Waals surface area contributed by atoms with Crippen LogP contribution in [0.5, 0.6) is 0 Å². The van der Waals surface area contributed by atoms with E-state index in [0.717, 1.165) is 6.54 Å². The van der Waals surface area contributed by atoms with E-state index in [1.165, 1.54) is 84.0 Å². The number of nitrogens with zero attached hydrogens (tertiary/aromatic N) is 2. The zero-order valence-electron chi connectivity index (χ0n) is 12.9. The number of rotatable bonds is 4. The summed E-state index contributed by atoms with van der Waals surface area (Å²) in [5.41, 5.74) is 6.45. The first kappa shape index (κ1) is 15.3. The van der Waals surface area contributed by atoms with E-state index < -0.39 is 0 Å². The van der Waals surface area contributed by atoms with Gasteiger partial charge in [0.1, 0.15) is 0 Å². The molecule has 0 spiro atoms. The minimum Gasteiger partial charge on any atom is -0.328 e. The van der Waals surface area contributed by atoms with Gasteiger partial charge in [0.15, 0.2) is 0 Å². The third-order valence-electron chi connectivity index (χ3n) is 5.28. The Morgan fingerprint density at radius 3 is 1.37 bits per heavy atom. The summed E-state index contributed by atoms with van der Waals surface area (Å²) in [6.45, 7) is 8.14. The number of nitrogens with two attached hydrogens (primary N) is 1. The molecule has 2 heterocycles. The van der Waals surface area contributed by atoms with Crippen LogP contribution in [0, 0.1) is 0 Å². The maximum Gasteiger partial charge on any atom is 0.0861 e. The molecule has 0 aromatic heterocycles. The van der Waals surface area contributed by atoms with Crippen LogP contribution >= 0.6 is 0 Å². The molecule has 0 radical (unpaired) electrons. The van der Waals surface area contributed by atoms with Gasteiger partial charge in [0, 0.05) is 6.54 Å². The average Bonchev–Trinajstić information content (AvgIpc) is 2.86. The van der Waals surface area contributed by atoms with Crippen molar-refractivity contribution < 1.29 is 0 Å². The molecular weight excluding hydrogens is 234 g/mol. The maximum atomic E-state index is 6.30. The van der Waals surface area contributed by atoms with Crippen molar-refractivity contribution in [3.63, 3.8) is 0 Å². The van der Waals surface area contributed by atoms with Crippen molar-refractivity contribution in [2.45, 2.75) is 70.4 Å². The molecule has 0 bridgehead atoms. The highest BCUT2D eigenvalue weighted by Gasteiger charge is 2.39. The molecule has 2 fully saturated rings. The van der Waals surface area contributed by atoms with E-state index in [1.807, 2.05) is 0 Å². The molecular formula is C16H33N3. The van der Waals surface area contributed by atoms with Crippen molar-refractivity contribution in [3.8, 4) is 0 Å². The standard InChI is InChI=1S/C16H33N3/c1-2-16(15-17,18-11-7-3-4-8-12-18)19-13-9-5-6-10-14-19/h2-15,17H2,1H3. The van der Waals surface area contributed by atoms with Crippen molar-refractivity contribution in [1.29, 1.82) is 0 Å². The second-order valence-electron chi connectivity index (χ2n) is 6.34. The maximum absolute atomic E-state index is 6.30. The summed E-state index contributed by atoms with van der Waals surface area (Å²) < 4.78 is 0. The third kappa shape index (κ3) is 3.50. The largest absolute Gasteiger partial charge is 0.328 e. The van der Waals surface area contributed by atoms with Gasteiger partial charge >= 0.3 is 0 Å². The second-order valence-corrected chi connectivity index (χ2v) is 6.34. The van der Waals surface area contributed by atoms with Crippen LogP contribution in [0.3, 0.4) is 0 Å². The lowest BCUT2D eigenvalue weighted by Crippen LogP contribution is -2.64. The van der Waals surface area contributed by atoms with Gasteiger partial charge in [-0.2, -0.15) is 0 Å². The summed E-state index contributed by atoms with van der Waals surface area (Å²) >= 11 is 0. The first-order chi connectivity index (χ1) is 9.33. The number of likely N-dealkylation sites (tertiary alicyclic amines) is 2. The predicted molar refractivity (Wildman–Crippen MR) is 82.2 cm³/mol. The molecule has 2 aliphatic heterocycles. The molecule has 3 nitrogen and oxygen atoms in total. The monoisotopic (exact) mass is 267 g/mol. The molecule has 2 aliphatic rings. The van der Waals surface area contributed by atoms with Crippen LogP contribution in [0.1, 0.15) is 64.7 Å². The Balaban J connectivity index is 2.13. The molecule has 112 valence electrons. The van der Waals surface area contributed by atoms with E-state index in [0.29, 0.717) is 0 Å². The normalized spacial score (nSPS) is 24.9. The lowest BCUT2D eigenvalue weighted by Gasteiger charge is -2.50. The average molecular weight is 267 g/mol. The Bertz CT molecular complexity index is 212. The molecule has 0 atom stereocenters. The molecule has 0 saturated carbocycles. The van der Waals surface area contributed by atoms with Crippen LogP contribution in [0.15, 0.2) is 0 Å². The summed E-state index contributed by atoms with van der Waals surface area (Å²) in [4.78, 5) is 5.46. The van der Waals surface area contributed by atoms with Gasteiger partial charge in [0.2, 0.25) is 0 Å². The molecule has 2 saturated heterocycles. The van der Waals surface area contributed by atoms with Crippen LogP contribution in [-0.2, 0) is 0 Å². The van der Waals surface area contributed by atoms with Crippen LogP contribution in [0.4, 0.5) is 0 Å². The number of hydrogen-bond acceptors (Lipinski definition) is 3. The number of hydrogen-bond donors (Lipinski definition) is 1. The minimum atomic E-state index is 0.148. The highest BCUT2D eigenvalue weighted by atomic mass is 15.4. The smallest absolute Gasteiger partial charge is 0.0861 e. The summed E-state index contributed by atoms with van der Waals surface area (Å²) in [5.74, 6) is 0. The zero-order chi connectivity index (χ0) is 13.6. The van der Waals surface area contributed by atoms with Crippen molar-refractivity contribution in [2.24, 2.45) is 5.73 Å². The van der Waals surface area contributed by atoms with Crippen molar-refractivity contribution in [1.82, 2.24) is 9.80 Å². The van der Waals surface area contributed by atoms with Gasteiger partial charge in [0.25, 0.3) is 0 Å². The van der Waals surface area contributed by atoms with Gasteiger partial charge in [-0.3, -0.25) is 9.80 Å². The predicted octanol–water partition coefficient (Wildman–Crippen LogP) is 2.80. The molecule has 19 heavy (non-hydrogen) atoms. The summed E-state index contributed by atoms with van der Waals surface area (Å²) in [5, 5.41) is 0. The SMILES string of the molecule is CCC(CN)(N1CCCCCC1)N1CCCCCC1. The first-order valence-electron chi connectivity index (χ1n) is 8.53. The summed E-state index contributed by atoms with van der Waals surface area (Å²) in [7, 11) is 0. The van der Waals surface area contributed by atoms with Crippen molar-refractivity contribution >= 4 is 0 Å². The fourth-order valence-corrected chi connectivity index (χ4v) is 4.02. The fourth-order valence-electron chi connectivity index (χ4n) is 4.02. The van der Waals surface area contributed by atoms with Gasteiger partial charge in [0.05, 0.1) is 5.66 Å². The Kier molecular flexibility index (Phi) is 6.11. The fraction of sp³-hybridized carbons (Fsp3) is 1.00. The quantitative estimate of drug-likeness (QED) is 0.850. The van der Waals surface area contributed by atoms with E-state index in [4.69, 9.17) is 5.73 Å². The molecule has 0 aromatic rings. The van der Waals surface area contributed by atoms with Crippen LogP contribution in [0.25, 0.3) is 0 Å². The van der Waals surface area contributed by atoms with Crippen molar-refractivity contribution in [2.75, 3.05) is 32.7 Å². The molecule has 0 unspecified atom stereocenters. The molecule has 0 aromatic carbocycles. The Hall–Kier alpha value is -0.120. The van der Waals surface area contributed by atoms with Gasteiger partial charge < -0.3 is 5.73 Å². The minimum absolute atomic E-state index is 0.148. The van der Waals surface area contributed by atoms with Crippen LogP contribution in [0.2, 0.25) is 0 Å². The van der Waals surface area contributed by atoms with Crippen LogP contribution in [-0.4, -0.2) is 48.2 Å². The Morgan fingerprint density at radius 2 is 1.11 bits per heavy atom. The van der Waals surface area contributed by atoms with Gasteiger partial charge in [-0.15, -0.1) is 0 Å². The van der Waals surface area contributed by atoms with E-state index in [9.17, 15) is 0 Å². The highest BCUT2D eigenvalue weighted by molar-refractivity contribution is 4.92.